The highest BCUT2D eigenvalue weighted by Crippen LogP contribution is 2.16. The molecule has 0 heterocycles. The number of nitrogens with one attached hydrogen (secondary N) is 1. The van der Waals surface area contributed by atoms with E-state index in [1.54, 1.807) is 11.8 Å². The summed E-state index contributed by atoms with van der Waals surface area (Å²) in [6.45, 7) is 2.28. The summed E-state index contributed by atoms with van der Waals surface area (Å²) >= 11 is 4.89. The Morgan fingerprint density at radius 3 is 2.65 bits per heavy atom. The summed E-state index contributed by atoms with van der Waals surface area (Å²) in [5.41, 5.74) is 0. The minimum absolute atomic E-state index is 0.0198. The summed E-state index contributed by atoms with van der Waals surface area (Å²) in [7, 11) is 0. The first kappa shape index (κ1) is 17.3. The molecule has 6 heteroatoms. The van der Waals surface area contributed by atoms with Gasteiger partial charge in [-0.1, -0.05) is 15.9 Å². The monoisotopic (exact) mass is 361 g/mol. The molecule has 2 N–H and O–H groups in total. The molecule has 0 saturated heterocycles. The minimum Gasteiger partial charge on any atom is -0.493 e. The van der Waals surface area contributed by atoms with Crippen molar-refractivity contribution >= 4 is 33.6 Å². The normalized spacial score (nSPS) is 13.6. The van der Waals surface area contributed by atoms with Crippen LogP contribution in [0.4, 0.5) is 0 Å². The SMILES string of the molecule is CSC(CO)C(C)NC(=O)CCOc1ccc(Br)cc1. The zero-order chi connectivity index (χ0) is 15.0. The lowest BCUT2D eigenvalue weighted by atomic mass is 10.2. The van der Waals surface area contributed by atoms with Crippen molar-refractivity contribution in [3.63, 3.8) is 0 Å². The quantitative estimate of drug-likeness (QED) is 0.746. The second-order valence-electron chi connectivity index (χ2n) is 4.37. The third-order valence-corrected chi connectivity index (χ3v) is 4.53. The molecule has 0 bridgehead atoms. The molecule has 0 fully saturated rings. The van der Waals surface area contributed by atoms with E-state index >= 15 is 0 Å². The second kappa shape index (κ2) is 9.26. The number of carbonyl (C=O) groups is 1. The Morgan fingerprint density at radius 1 is 1.45 bits per heavy atom. The molecule has 20 heavy (non-hydrogen) atoms. The fraction of sp³-hybridized carbons (Fsp3) is 0.500. The van der Waals surface area contributed by atoms with Crippen LogP contribution in [0.25, 0.3) is 0 Å². The summed E-state index contributed by atoms with van der Waals surface area (Å²) in [5.74, 6) is 0.675. The van der Waals surface area contributed by atoms with Gasteiger partial charge >= 0.3 is 0 Å². The molecule has 0 aliphatic carbocycles. The van der Waals surface area contributed by atoms with Crippen LogP contribution in [0.15, 0.2) is 28.7 Å². The van der Waals surface area contributed by atoms with Gasteiger partial charge in [0.25, 0.3) is 0 Å². The first-order valence-electron chi connectivity index (χ1n) is 6.38. The summed E-state index contributed by atoms with van der Waals surface area (Å²) in [6, 6.07) is 7.42. The van der Waals surface area contributed by atoms with E-state index in [1.807, 2.05) is 37.4 Å². The Morgan fingerprint density at radius 2 is 2.10 bits per heavy atom. The minimum atomic E-state index is -0.0675. The summed E-state index contributed by atoms with van der Waals surface area (Å²) < 4.78 is 6.48. The first-order chi connectivity index (χ1) is 9.56. The van der Waals surface area contributed by atoms with Gasteiger partial charge in [0.1, 0.15) is 5.75 Å². The Labute approximate surface area is 132 Å². The van der Waals surface area contributed by atoms with Gasteiger partial charge in [0, 0.05) is 15.8 Å². The lowest BCUT2D eigenvalue weighted by molar-refractivity contribution is -0.122. The number of aliphatic hydroxyl groups excluding tert-OH is 1. The Hall–Kier alpha value is -0.720. The largest absolute Gasteiger partial charge is 0.493 e. The van der Waals surface area contributed by atoms with Crippen molar-refractivity contribution in [3.8, 4) is 5.75 Å². The van der Waals surface area contributed by atoms with Gasteiger partial charge in [0.2, 0.25) is 5.91 Å². The van der Waals surface area contributed by atoms with Gasteiger partial charge in [0.05, 0.1) is 19.6 Å². The Kier molecular flexibility index (Phi) is 8.02. The van der Waals surface area contributed by atoms with Crippen LogP contribution in [0.1, 0.15) is 13.3 Å². The predicted molar refractivity (Wildman–Crippen MR) is 86.2 cm³/mol. The topological polar surface area (TPSA) is 58.6 Å². The molecule has 1 amide bonds. The van der Waals surface area contributed by atoms with Crippen molar-refractivity contribution in [3.05, 3.63) is 28.7 Å². The van der Waals surface area contributed by atoms with E-state index in [1.165, 1.54) is 0 Å². The van der Waals surface area contributed by atoms with Crippen LogP contribution in [0.2, 0.25) is 0 Å². The Balaban J connectivity index is 2.27. The maximum absolute atomic E-state index is 11.7. The predicted octanol–water partition coefficient (Wildman–Crippen LogP) is 2.45. The van der Waals surface area contributed by atoms with Gasteiger partial charge in [-0.15, -0.1) is 0 Å². The fourth-order valence-electron chi connectivity index (χ4n) is 1.65. The molecule has 0 aromatic heterocycles. The van der Waals surface area contributed by atoms with E-state index in [0.717, 1.165) is 10.2 Å². The summed E-state index contributed by atoms with van der Waals surface area (Å²) in [4.78, 5) is 11.7. The zero-order valence-corrected chi connectivity index (χ0v) is 14.0. The van der Waals surface area contributed by atoms with Gasteiger partial charge < -0.3 is 15.2 Å². The maximum atomic E-state index is 11.7. The van der Waals surface area contributed by atoms with E-state index in [4.69, 9.17) is 9.84 Å². The van der Waals surface area contributed by atoms with Gasteiger partial charge in [-0.2, -0.15) is 11.8 Å². The fourth-order valence-corrected chi connectivity index (χ4v) is 2.54. The third-order valence-electron chi connectivity index (χ3n) is 2.84. The van der Waals surface area contributed by atoms with Crippen LogP contribution < -0.4 is 10.1 Å². The molecule has 1 rings (SSSR count). The third kappa shape index (κ3) is 6.15. The smallest absolute Gasteiger partial charge is 0.223 e. The number of rotatable bonds is 8. The molecule has 1 aromatic carbocycles. The standard InChI is InChI=1S/C14H20BrNO3S/c1-10(13(9-17)20-2)16-14(18)7-8-19-12-5-3-11(15)4-6-12/h3-6,10,13,17H,7-9H2,1-2H3,(H,16,18). The van der Waals surface area contributed by atoms with Gasteiger partial charge in [0.15, 0.2) is 0 Å². The highest BCUT2D eigenvalue weighted by molar-refractivity contribution is 9.10. The van der Waals surface area contributed by atoms with E-state index in [-0.39, 0.29) is 23.8 Å². The number of halogens is 1. The van der Waals surface area contributed by atoms with Gasteiger partial charge in [-0.05, 0) is 37.4 Å². The van der Waals surface area contributed by atoms with Crippen LogP contribution in [0.5, 0.6) is 5.75 Å². The number of ether oxygens (including phenoxy) is 1. The number of aliphatic hydroxyl groups is 1. The van der Waals surface area contributed by atoms with E-state index in [9.17, 15) is 4.79 Å². The van der Waals surface area contributed by atoms with Crippen molar-refractivity contribution in [2.45, 2.75) is 24.6 Å². The second-order valence-corrected chi connectivity index (χ2v) is 6.36. The first-order valence-corrected chi connectivity index (χ1v) is 8.46. The molecule has 1 aromatic rings. The molecule has 0 saturated carbocycles. The average molecular weight is 362 g/mol. The van der Waals surface area contributed by atoms with Crippen molar-refractivity contribution in [2.24, 2.45) is 0 Å². The van der Waals surface area contributed by atoms with Crippen molar-refractivity contribution in [1.82, 2.24) is 5.32 Å². The molecule has 2 unspecified atom stereocenters. The molecular formula is C14H20BrNO3S. The molecule has 4 nitrogen and oxygen atoms in total. The van der Waals surface area contributed by atoms with E-state index < -0.39 is 0 Å². The molecule has 112 valence electrons. The lowest BCUT2D eigenvalue weighted by Gasteiger charge is -2.21. The molecule has 2 atom stereocenters. The number of hydrogen-bond acceptors (Lipinski definition) is 4. The highest BCUT2D eigenvalue weighted by Gasteiger charge is 2.17. The van der Waals surface area contributed by atoms with Crippen molar-refractivity contribution in [2.75, 3.05) is 19.5 Å². The highest BCUT2D eigenvalue weighted by atomic mass is 79.9. The molecule has 0 radical (unpaired) electrons. The Bertz CT molecular complexity index is 409. The number of amides is 1. The lowest BCUT2D eigenvalue weighted by Crippen LogP contribution is -2.41. The maximum Gasteiger partial charge on any atom is 0.223 e. The zero-order valence-electron chi connectivity index (χ0n) is 11.6. The average Bonchev–Trinajstić information content (AvgIpc) is 2.42. The van der Waals surface area contributed by atoms with Crippen molar-refractivity contribution in [1.29, 1.82) is 0 Å². The van der Waals surface area contributed by atoms with E-state index in [0.29, 0.717) is 13.0 Å². The van der Waals surface area contributed by atoms with Gasteiger partial charge in [-0.3, -0.25) is 4.79 Å². The number of carbonyl (C=O) groups excluding carboxylic acids is 1. The van der Waals surface area contributed by atoms with Crippen molar-refractivity contribution < 1.29 is 14.6 Å². The van der Waals surface area contributed by atoms with Crippen LogP contribution in [0, 0.1) is 0 Å². The number of hydrogen-bond donors (Lipinski definition) is 2. The molecular weight excluding hydrogens is 342 g/mol. The van der Waals surface area contributed by atoms with Crippen LogP contribution in [-0.4, -0.2) is 41.8 Å². The molecule has 0 spiro atoms. The number of benzene rings is 1. The summed E-state index contributed by atoms with van der Waals surface area (Å²) in [6.07, 6.45) is 2.22. The van der Waals surface area contributed by atoms with Crippen LogP contribution in [-0.2, 0) is 4.79 Å². The van der Waals surface area contributed by atoms with E-state index in [2.05, 4.69) is 21.2 Å². The van der Waals surface area contributed by atoms with Crippen LogP contribution in [0.3, 0.4) is 0 Å². The number of thioether (sulfide) groups is 1. The summed E-state index contributed by atoms with van der Waals surface area (Å²) in [5, 5.41) is 12.0. The molecule has 0 aliphatic rings. The molecule has 0 aliphatic heterocycles. The van der Waals surface area contributed by atoms with Crippen LogP contribution >= 0.6 is 27.7 Å². The van der Waals surface area contributed by atoms with Gasteiger partial charge in [-0.25, -0.2) is 0 Å².